The Morgan fingerprint density at radius 3 is 2.63 bits per heavy atom. The van der Waals surface area contributed by atoms with Crippen LogP contribution in [0.2, 0.25) is 0 Å². The number of alkyl halides is 1. The molecule has 19 heavy (non-hydrogen) atoms. The van der Waals surface area contributed by atoms with Crippen molar-refractivity contribution in [1.29, 1.82) is 0 Å². The van der Waals surface area contributed by atoms with Gasteiger partial charge in [0, 0.05) is 19.8 Å². The molecule has 0 saturated heterocycles. The molecule has 1 aromatic heterocycles. The second kappa shape index (κ2) is 5.85. The second-order valence-electron chi connectivity index (χ2n) is 4.08. The zero-order valence-electron chi connectivity index (χ0n) is 10.3. The number of hydrogen-bond acceptors (Lipinski definition) is 3. The summed E-state index contributed by atoms with van der Waals surface area (Å²) in [7, 11) is -1.83. The third-order valence-corrected chi connectivity index (χ3v) is 4.84. The van der Waals surface area contributed by atoms with Crippen LogP contribution in [0.25, 0.3) is 0 Å². The Morgan fingerprint density at radius 2 is 2.05 bits per heavy atom. The molecule has 102 valence electrons. The van der Waals surface area contributed by atoms with Crippen molar-refractivity contribution < 1.29 is 8.42 Å². The number of aromatic nitrogens is 2. The average Bonchev–Trinajstić information content (AvgIpc) is 2.85. The van der Waals surface area contributed by atoms with Gasteiger partial charge < -0.3 is 0 Å². The Hall–Kier alpha value is -1.18. The predicted octanol–water partition coefficient (Wildman–Crippen LogP) is 1.83. The maximum atomic E-state index is 12.0. The summed E-state index contributed by atoms with van der Waals surface area (Å²) in [6.45, 7) is 0.279. The largest absolute Gasteiger partial charge is 0.274 e. The van der Waals surface area contributed by atoms with Gasteiger partial charge in [-0.05, 0) is 5.56 Å². The fourth-order valence-electron chi connectivity index (χ4n) is 1.58. The first-order chi connectivity index (χ1) is 8.99. The molecular weight excluding hydrogens is 330 g/mol. The van der Waals surface area contributed by atoms with Crippen molar-refractivity contribution >= 4 is 26.0 Å². The first-order valence-corrected chi connectivity index (χ1v) is 8.06. The topological polar surface area (TPSA) is 64.0 Å². The van der Waals surface area contributed by atoms with Gasteiger partial charge in [0.1, 0.15) is 4.90 Å². The van der Waals surface area contributed by atoms with E-state index in [1.807, 2.05) is 30.3 Å². The van der Waals surface area contributed by atoms with Gasteiger partial charge in [0.05, 0.1) is 11.0 Å². The van der Waals surface area contributed by atoms with E-state index in [0.29, 0.717) is 0 Å². The normalized spacial score (nSPS) is 13.4. The van der Waals surface area contributed by atoms with Crippen LogP contribution in [0.4, 0.5) is 0 Å². The highest BCUT2D eigenvalue weighted by Gasteiger charge is 2.17. The molecule has 1 atom stereocenters. The summed E-state index contributed by atoms with van der Waals surface area (Å²) in [5.74, 6) is 0. The third kappa shape index (κ3) is 3.65. The molecule has 0 bridgehead atoms. The smallest absolute Gasteiger partial charge is 0.243 e. The van der Waals surface area contributed by atoms with E-state index < -0.39 is 10.0 Å². The summed E-state index contributed by atoms with van der Waals surface area (Å²) < 4.78 is 28.0. The van der Waals surface area contributed by atoms with Crippen molar-refractivity contribution in [3.05, 3.63) is 48.3 Å². The zero-order chi connectivity index (χ0) is 13.9. The molecule has 0 aliphatic rings. The van der Waals surface area contributed by atoms with Crippen LogP contribution in [0.5, 0.6) is 0 Å². The molecule has 1 aromatic carbocycles. The van der Waals surface area contributed by atoms with Gasteiger partial charge in [-0.15, -0.1) is 0 Å². The Labute approximate surface area is 120 Å². The fraction of sp³-hybridized carbons (Fsp3) is 0.250. The number of halogens is 1. The Bertz CT molecular complexity index is 640. The van der Waals surface area contributed by atoms with Crippen LogP contribution in [0.15, 0.2) is 47.6 Å². The van der Waals surface area contributed by atoms with E-state index in [4.69, 9.17) is 0 Å². The molecule has 1 heterocycles. The van der Waals surface area contributed by atoms with Crippen LogP contribution < -0.4 is 4.72 Å². The molecule has 0 amide bonds. The fourth-order valence-corrected chi connectivity index (χ4v) is 3.29. The highest BCUT2D eigenvalue weighted by atomic mass is 79.9. The zero-order valence-corrected chi connectivity index (χ0v) is 12.7. The molecule has 1 N–H and O–H groups in total. The molecule has 2 rings (SSSR count). The first kappa shape index (κ1) is 14.2. The minimum Gasteiger partial charge on any atom is -0.274 e. The van der Waals surface area contributed by atoms with Gasteiger partial charge in [0.2, 0.25) is 10.0 Å². The molecule has 0 radical (unpaired) electrons. The van der Waals surface area contributed by atoms with Crippen LogP contribution in [-0.4, -0.2) is 24.7 Å². The van der Waals surface area contributed by atoms with Gasteiger partial charge in [0.15, 0.2) is 0 Å². The van der Waals surface area contributed by atoms with E-state index in [1.54, 1.807) is 7.05 Å². The molecule has 0 aliphatic heterocycles. The molecule has 7 heteroatoms. The molecule has 0 fully saturated rings. The number of sulfonamides is 1. The lowest BCUT2D eigenvalue weighted by atomic mass is 10.2. The van der Waals surface area contributed by atoms with Gasteiger partial charge in [-0.3, -0.25) is 4.68 Å². The lowest BCUT2D eigenvalue weighted by Crippen LogP contribution is -2.26. The van der Waals surface area contributed by atoms with Gasteiger partial charge in [0.25, 0.3) is 0 Å². The number of nitrogens with one attached hydrogen (secondary N) is 1. The van der Waals surface area contributed by atoms with Crippen LogP contribution >= 0.6 is 15.9 Å². The number of hydrogen-bond donors (Lipinski definition) is 1. The van der Waals surface area contributed by atoms with Crippen LogP contribution in [-0.2, 0) is 17.1 Å². The van der Waals surface area contributed by atoms with Crippen molar-refractivity contribution in [2.24, 2.45) is 7.05 Å². The van der Waals surface area contributed by atoms with E-state index >= 15 is 0 Å². The predicted molar refractivity (Wildman–Crippen MR) is 76.5 cm³/mol. The summed E-state index contributed by atoms with van der Waals surface area (Å²) in [6, 6.07) is 9.64. The van der Waals surface area contributed by atoms with Crippen molar-refractivity contribution in [3.63, 3.8) is 0 Å². The third-order valence-electron chi connectivity index (χ3n) is 2.61. The van der Waals surface area contributed by atoms with E-state index in [2.05, 4.69) is 25.8 Å². The Balaban J connectivity index is 2.03. The van der Waals surface area contributed by atoms with Gasteiger partial charge in [-0.1, -0.05) is 46.3 Å². The number of aryl methyl sites for hydroxylation is 1. The second-order valence-corrected chi connectivity index (χ2v) is 6.95. The summed E-state index contributed by atoms with van der Waals surface area (Å²) in [5, 5.41) is 3.85. The number of benzene rings is 1. The van der Waals surface area contributed by atoms with E-state index in [1.165, 1.54) is 17.1 Å². The van der Waals surface area contributed by atoms with Gasteiger partial charge in [-0.25, -0.2) is 13.1 Å². The van der Waals surface area contributed by atoms with Gasteiger partial charge in [-0.2, -0.15) is 5.10 Å². The highest BCUT2D eigenvalue weighted by Crippen LogP contribution is 2.21. The minimum atomic E-state index is -3.51. The van der Waals surface area contributed by atoms with Crippen LogP contribution in [0, 0.1) is 0 Å². The maximum absolute atomic E-state index is 12.0. The number of rotatable bonds is 5. The van der Waals surface area contributed by atoms with E-state index in [9.17, 15) is 8.42 Å². The Kier molecular flexibility index (Phi) is 4.38. The first-order valence-electron chi connectivity index (χ1n) is 5.66. The molecular formula is C12H14BrN3O2S. The average molecular weight is 344 g/mol. The standard InChI is InChI=1S/C12H14BrN3O2S/c1-16-9-11(7-14-16)19(17,18)15-8-12(13)10-5-3-2-4-6-10/h2-7,9,12,15H,8H2,1H3. The van der Waals surface area contributed by atoms with Gasteiger partial charge >= 0.3 is 0 Å². The SMILES string of the molecule is Cn1cc(S(=O)(=O)NCC(Br)c2ccccc2)cn1. The molecule has 5 nitrogen and oxygen atoms in total. The molecule has 0 spiro atoms. The molecule has 1 unspecified atom stereocenters. The molecule has 2 aromatic rings. The summed E-state index contributed by atoms with van der Waals surface area (Å²) in [4.78, 5) is 0.0999. The van der Waals surface area contributed by atoms with Crippen molar-refractivity contribution in [3.8, 4) is 0 Å². The van der Waals surface area contributed by atoms with Crippen molar-refractivity contribution in [1.82, 2.24) is 14.5 Å². The number of nitrogens with zero attached hydrogens (tertiary/aromatic N) is 2. The minimum absolute atomic E-state index is 0.0693. The lowest BCUT2D eigenvalue weighted by molar-refractivity contribution is 0.581. The quantitative estimate of drug-likeness (QED) is 0.842. The highest BCUT2D eigenvalue weighted by molar-refractivity contribution is 9.09. The van der Waals surface area contributed by atoms with Crippen molar-refractivity contribution in [2.45, 2.75) is 9.72 Å². The molecule has 0 saturated carbocycles. The van der Waals surface area contributed by atoms with Crippen molar-refractivity contribution in [2.75, 3.05) is 6.54 Å². The summed E-state index contributed by atoms with van der Waals surface area (Å²) in [5.41, 5.74) is 1.02. The Morgan fingerprint density at radius 1 is 1.37 bits per heavy atom. The molecule has 0 aliphatic carbocycles. The van der Waals surface area contributed by atoms with Crippen LogP contribution in [0.3, 0.4) is 0 Å². The summed E-state index contributed by atoms with van der Waals surface area (Å²) in [6.07, 6.45) is 2.79. The van der Waals surface area contributed by atoms with E-state index in [-0.39, 0.29) is 16.3 Å². The monoisotopic (exact) mass is 343 g/mol. The maximum Gasteiger partial charge on any atom is 0.243 e. The summed E-state index contributed by atoms with van der Waals surface area (Å²) >= 11 is 3.47. The lowest BCUT2D eigenvalue weighted by Gasteiger charge is -2.11. The van der Waals surface area contributed by atoms with Crippen LogP contribution in [0.1, 0.15) is 10.4 Å². The van der Waals surface area contributed by atoms with E-state index in [0.717, 1.165) is 5.56 Å².